The molecule has 9 heteroatoms. The molecule has 1 N–H and O–H groups in total. The number of carbonyl (C=O) groups is 1. The summed E-state index contributed by atoms with van der Waals surface area (Å²) in [6.07, 6.45) is 1.61. The zero-order valence-corrected chi connectivity index (χ0v) is 14.7. The summed E-state index contributed by atoms with van der Waals surface area (Å²) in [5.74, 6) is 0.435. The van der Waals surface area contributed by atoms with Crippen molar-refractivity contribution < 1.29 is 9.32 Å². The van der Waals surface area contributed by atoms with Gasteiger partial charge in [-0.3, -0.25) is 9.59 Å². The second-order valence-electron chi connectivity index (χ2n) is 6.07. The quantitative estimate of drug-likeness (QED) is 0.592. The highest BCUT2D eigenvalue weighted by Gasteiger charge is 2.17. The third-order valence-electron chi connectivity index (χ3n) is 4.06. The first kappa shape index (κ1) is 16.7. The lowest BCUT2D eigenvalue weighted by Crippen LogP contribution is -2.31. The van der Waals surface area contributed by atoms with E-state index < -0.39 is 11.5 Å². The normalized spacial score (nSPS) is 11.0. The molecule has 4 aromatic rings. The number of nitrogens with one attached hydrogen (secondary N) is 1. The van der Waals surface area contributed by atoms with E-state index in [2.05, 4.69) is 20.7 Å². The number of amides is 1. The number of anilines is 1. The van der Waals surface area contributed by atoms with Gasteiger partial charge in [-0.2, -0.15) is 10.2 Å². The van der Waals surface area contributed by atoms with Crippen LogP contribution in [0.15, 0.2) is 51.9 Å². The Morgan fingerprint density at radius 3 is 2.70 bits per heavy atom. The number of hydrogen-bond acceptors (Lipinski definition) is 6. The summed E-state index contributed by atoms with van der Waals surface area (Å²) >= 11 is 0. The molecule has 0 unspecified atom stereocenters. The van der Waals surface area contributed by atoms with Gasteiger partial charge in [0.1, 0.15) is 17.8 Å². The lowest BCUT2D eigenvalue weighted by atomic mass is 10.2. The van der Waals surface area contributed by atoms with E-state index in [-0.39, 0.29) is 12.4 Å². The molecule has 0 saturated carbocycles. The summed E-state index contributed by atoms with van der Waals surface area (Å²) in [5.41, 5.74) is 1.34. The monoisotopic (exact) mass is 364 g/mol. The van der Waals surface area contributed by atoms with E-state index >= 15 is 0 Å². The van der Waals surface area contributed by atoms with Gasteiger partial charge in [0.15, 0.2) is 5.82 Å². The number of aromatic nitrogens is 5. The Kier molecular flexibility index (Phi) is 4.03. The molecule has 4 rings (SSSR count). The standard InChI is InChI=1S/C18H16N6O3/c1-11-8-15(22-27-11)20-16(25)10-23-18(26)17-14(12(2)21-23)9-19-24(17)13-6-4-3-5-7-13/h3-9H,10H2,1-2H3,(H,20,22,25). The molecule has 0 radical (unpaired) electrons. The average Bonchev–Trinajstić information content (AvgIpc) is 3.27. The zero-order chi connectivity index (χ0) is 19.0. The van der Waals surface area contributed by atoms with Gasteiger partial charge in [-0.1, -0.05) is 23.4 Å². The average molecular weight is 364 g/mol. The molecular formula is C18H16N6O3. The van der Waals surface area contributed by atoms with E-state index in [0.29, 0.717) is 22.4 Å². The molecule has 27 heavy (non-hydrogen) atoms. The fourth-order valence-corrected chi connectivity index (χ4v) is 2.84. The Bertz CT molecular complexity index is 1190. The highest BCUT2D eigenvalue weighted by atomic mass is 16.5. The van der Waals surface area contributed by atoms with Crippen LogP contribution in [0.3, 0.4) is 0 Å². The van der Waals surface area contributed by atoms with Gasteiger partial charge in [0.2, 0.25) is 5.91 Å². The van der Waals surface area contributed by atoms with Crippen LogP contribution in [0.5, 0.6) is 0 Å². The van der Waals surface area contributed by atoms with Crippen LogP contribution in [-0.4, -0.2) is 30.6 Å². The zero-order valence-electron chi connectivity index (χ0n) is 14.7. The molecule has 3 heterocycles. The molecule has 0 spiro atoms. The second kappa shape index (κ2) is 6.52. The number of fused-ring (bicyclic) bond motifs is 1. The largest absolute Gasteiger partial charge is 0.360 e. The second-order valence-corrected chi connectivity index (χ2v) is 6.07. The fourth-order valence-electron chi connectivity index (χ4n) is 2.84. The Hall–Kier alpha value is -3.75. The summed E-state index contributed by atoms with van der Waals surface area (Å²) in [7, 11) is 0. The molecular weight excluding hydrogens is 348 g/mol. The first-order chi connectivity index (χ1) is 13.0. The van der Waals surface area contributed by atoms with Gasteiger partial charge in [0.05, 0.1) is 17.6 Å². The minimum Gasteiger partial charge on any atom is -0.360 e. The summed E-state index contributed by atoms with van der Waals surface area (Å²) in [6.45, 7) is 3.24. The third kappa shape index (κ3) is 3.10. The number of aryl methyl sites for hydroxylation is 2. The predicted molar refractivity (Wildman–Crippen MR) is 97.7 cm³/mol. The number of carbonyl (C=O) groups excluding carboxylic acids is 1. The maximum atomic E-state index is 13.0. The number of nitrogens with zero attached hydrogens (tertiary/aromatic N) is 5. The number of rotatable bonds is 4. The maximum absolute atomic E-state index is 13.0. The number of hydrogen-bond donors (Lipinski definition) is 1. The van der Waals surface area contributed by atoms with Crippen LogP contribution in [0.4, 0.5) is 5.82 Å². The van der Waals surface area contributed by atoms with Gasteiger partial charge >= 0.3 is 0 Å². The van der Waals surface area contributed by atoms with Crippen molar-refractivity contribution in [1.82, 2.24) is 24.7 Å². The van der Waals surface area contributed by atoms with Crippen LogP contribution in [0, 0.1) is 13.8 Å². The highest BCUT2D eigenvalue weighted by molar-refractivity contribution is 5.89. The van der Waals surface area contributed by atoms with Crippen LogP contribution < -0.4 is 10.9 Å². The van der Waals surface area contributed by atoms with Crippen molar-refractivity contribution >= 4 is 22.6 Å². The van der Waals surface area contributed by atoms with E-state index in [1.54, 1.807) is 30.8 Å². The van der Waals surface area contributed by atoms with Crippen molar-refractivity contribution in [3.05, 3.63) is 64.4 Å². The Morgan fingerprint density at radius 1 is 1.22 bits per heavy atom. The van der Waals surface area contributed by atoms with Gasteiger partial charge in [-0.25, -0.2) is 9.36 Å². The lowest BCUT2D eigenvalue weighted by Gasteiger charge is -2.08. The van der Waals surface area contributed by atoms with Crippen LogP contribution >= 0.6 is 0 Å². The molecule has 0 aliphatic carbocycles. The van der Waals surface area contributed by atoms with Gasteiger partial charge in [0, 0.05) is 11.5 Å². The summed E-state index contributed by atoms with van der Waals surface area (Å²) in [6, 6.07) is 10.9. The topological polar surface area (TPSA) is 108 Å². The molecule has 0 aliphatic rings. The molecule has 0 atom stereocenters. The lowest BCUT2D eigenvalue weighted by molar-refractivity contribution is -0.117. The Balaban J connectivity index is 1.72. The van der Waals surface area contributed by atoms with Gasteiger partial charge < -0.3 is 9.84 Å². The SMILES string of the molecule is Cc1cc(NC(=O)Cn2nc(C)c3cnn(-c4ccccc4)c3c2=O)no1. The Morgan fingerprint density at radius 2 is 2.00 bits per heavy atom. The van der Waals surface area contributed by atoms with Gasteiger partial charge in [-0.05, 0) is 26.0 Å². The first-order valence-electron chi connectivity index (χ1n) is 8.27. The molecule has 136 valence electrons. The highest BCUT2D eigenvalue weighted by Crippen LogP contribution is 2.17. The van der Waals surface area contributed by atoms with E-state index in [9.17, 15) is 9.59 Å². The van der Waals surface area contributed by atoms with Gasteiger partial charge in [0.25, 0.3) is 5.56 Å². The fraction of sp³-hybridized carbons (Fsp3) is 0.167. The van der Waals surface area contributed by atoms with Crippen molar-refractivity contribution in [2.75, 3.05) is 5.32 Å². The van der Waals surface area contributed by atoms with E-state index in [1.165, 1.54) is 0 Å². The van der Waals surface area contributed by atoms with Crippen molar-refractivity contribution in [3.63, 3.8) is 0 Å². The molecule has 0 fully saturated rings. The molecule has 1 aromatic carbocycles. The van der Waals surface area contributed by atoms with Crippen molar-refractivity contribution in [2.24, 2.45) is 0 Å². The molecule has 0 saturated heterocycles. The van der Waals surface area contributed by atoms with Crippen LogP contribution in [-0.2, 0) is 11.3 Å². The van der Waals surface area contributed by atoms with Crippen LogP contribution in [0.2, 0.25) is 0 Å². The minimum atomic E-state index is -0.428. The smallest absolute Gasteiger partial charge is 0.293 e. The molecule has 1 amide bonds. The van der Waals surface area contributed by atoms with Crippen molar-refractivity contribution in [3.8, 4) is 5.69 Å². The maximum Gasteiger partial charge on any atom is 0.293 e. The molecule has 0 aliphatic heterocycles. The molecule has 9 nitrogen and oxygen atoms in total. The van der Waals surface area contributed by atoms with E-state index in [4.69, 9.17) is 4.52 Å². The summed E-state index contributed by atoms with van der Waals surface area (Å²) in [5, 5.41) is 15.5. The van der Waals surface area contributed by atoms with Crippen LogP contribution in [0.25, 0.3) is 16.6 Å². The molecule has 0 bridgehead atoms. The Labute approximate surface area is 153 Å². The first-order valence-corrected chi connectivity index (χ1v) is 8.27. The number of benzene rings is 1. The van der Waals surface area contributed by atoms with Crippen molar-refractivity contribution in [2.45, 2.75) is 20.4 Å². The van der Waals surface area contributed by atoms with Crippen molar-refractivity contribution in [1.29, 1.82) is 0 Å². The van der Waals surface area contributed by atoms with Gasteiger partial charge in [-0.15, -0.1) is 0 Å². The predicted octanol–water partition coefficient (Wildman–Crippen LogP) is 1.83. The minimum absolute atomic E-state index is 0.249. The third-order valence-corrected chi connectivity index (χ3v) is 4.06. The molecule has 3 aromatic heterocycles. The summed E-state index contributed by atoms with van der Waals surface area (Å²) < 4.78 is 7.59. The summed E-state index contributed by atoms with van der Waals surface area (Å²) in [4.78, 5) is 25.2. The van der Waals surface area contributed by atoms with E-state index in [1.807, 2.05) is 30.3 Å². The number of para-hydroxylation sites is 1. The van der Waals surface area contributed by atoms with E-state index in [0.717, 1.165) is 10.4 Å². The van der Waals surface area contributed by atoms with Crippen LogP contribution in [0.1, 0.15) is 11.5 Å².